The first-order valence-corrected chi connectivity index (χ1v) is 9.85. The molecule has 3 aliphatic heterocycles. The van der Waals surface area contributed by atoms with Crippen LogP contribution in [-0.4, -0.2) is 90.9 Å². The highest BCUT2D eigenvalue weighted by Crippen LogP contribution is 2.21. The van der Waals surface area contributed by atoms with Crippen molar-refractivity contribution in [3.05, 3.63) is 0 Å². The molecule has 0 unspecified atom stereocenters. The zero-order valence-electron chi connectivity index (χ0n) is 13.6. The second-order valence-corrected chi connectivity index (χ2v) is 8.29. The van der Waals surface area contributed by atoms with E-state index >= 15 is 0 Å². The normalized spacial score (nSPS) is 29.0. The van der Waals surface area contributed by atoms with E-state index in [-0.39, 0.29) is 12.6 Å². The molecule has 2 N–H and O–H groups in total. The van der Waals surface area contributed by atoms with Gasteiger partial charge in [-0.1, -0.05) is 0 Å². The first kappa shape index (κ1) is 17.6. The highest BCUT2D eigenvalue weighted by Gasteiger charge is 2.38. The number of rotatable bonds is 1. The van der Waals surface area contributed by atoms with E-state index in [2.05, 4.69) is 4.72 Å². The molecular formula is C14H24N4O5S. The number of aliphatic hydroxyl groups is 1. The molecule has 9 nitrogen and oxygen atoms in total. The van der Waals surface area contributed by atoms with Crippen LogP contribution in [0.15, 0.2) is 0 Å². The first-order chi connectivity index (χ1) is 11.4. The number of nitrogens with zero attached hydrogens (tertiary/aromatic N) is 3. The smallest absolute Gasteiger partial charge is 0.312 e. The maximum absolute atomic E-state index is 12.4. The van der Waals surface area contributed by atoms with Crippen LogP contribution in [-0.2, 0) is 19.8 Å². The first-order valence-electron chi connectivity index (χ1n) is 8.41. The van der Waals surface area contributed by atoms with Crippen LogP contribution in [0.4, 0.5) is 0 Å². The molecule has 3 heterocycles. The fourth-order valence-electron chi connectivity index (χ4n) is 3.63. The van der Waals surface area contributed by atoms with Gasteiger partial charge in [0.2, 0.25) is 0 Å². The van der Waals surface area contributed by atoms with Crippen molar-refractivity contribution in [3.63, 3.8) is 0 Å². The van der Waals surface area contributed by atoms with E-state index in [1.165, 1.54) is 14.1 Å². The molecule has 24 heavy (non-hydrogen) atoms. The Morgan fingerprint density at radius 3 is 2.21 bits per heavy atom. The minimum absolute atomic E-state index is 0.124. The third-order valence-electron chi connectivity index (χ3n) is 4.95. The molecule has 3 aliphatic rings. The number of aliphatic hydroxyl groups excluding tert-OH is 1. The van der Waals surface area contributed by atoms with Crippen LogP contribution in [0, 0.1) is 0 Å². The fraction of sp³-hybridized carbons (Fsp3) is 0.857. The van der Waals surface area contributed by atoms with Crippen LogP contribution in [0.5, 0.6) is 0 Å². The third kappa shape index (κ3) is 3.56. The molecule has 0 aromatic heterocycles. The lowest BCUT2D eigenvalue weighted by Gasteiger charge is -2.36. The SMILES string of the molecule is O=C(C(=O)N1CCC[C@H](O)C1)N1CCC(N2CCNS2(=O)=O)CC1. The molecular weight excluding hydrogens is 336 g/mol. The Balaban J connectivity index is 1.54. The maximum atomic E-state index is 12.4. The molecule has 0 bridgehead atoms. The summed E-state index contributed by atoms with van der Waals surface area (Å²) in [4.78, 5) is 27.6. The van der Waals surface area contributed by atoms with E-state index in [4.69, 9.17) is 0 Å². The van der Waals surface area contributed by atoms with Gasteiger partial charge in [-0.25, -0.2) is 4.72 Å². The van der Waals surface area contributed by atoms with Gasteiger partial charge in [0.15, 0.2) is 0 Å². The summed E-state index contributed by atoms with van der Waals surface area (Å²) >= 11 is 0. The lowest BCUT2D eigenvalue weighted by molar-refractivity contribution is -0.154. The number of amides is 2. The number of carbonyl (C=O) groups excluding carboxylic acids is 2. The number of hydrogen-bond acceptors (Lipinski definition) is 5. The summed E-state index contributed by atoms with van der Waals surface area (Å²) in [6.45, 7) is 2.31. The predicted octanol–water partition coefficient (Wildman–Crippen LogP) is -1.89. The molecule has 0 aromatic carbocycles. The average Bonchev–Trinajstić information content (AvgIpc) is 2.93. The summed E-state index contributed by atoms with van der Waals surface area (Å²) in [5, 5.41) is 9.64. The Morgan fingerprint density at radius 2 is 1.62 bits per heavy atom. The van der Waals surface area contributed by atoms with E-state index in [0.29, 0.717) is 58.4 Å². The Kier molecular flexibility index (Phi) is 5.09. The van der Waals surface area contributed by atoms with Crippen molar-refractivity contribution in [3.8, 4) is 0 Å². The van der Waals surface area contributed by atoms with Crippen LogP contribution < -0.4 is 4.72 Å². The second-order valence-electron chi connectivity index (χ2n) is 6.58. The molecule has 2 amide bonds. The molecule has 10 heteroatoms. The fourth-order valence-corrected chi connectivity index (χ4v) is 5.08. The van der Waals surface area contributed by atoms with Crippen molar-refractivity contribution in [2.24, 2.45) is 0 Å². The van der Waals surface area contributed by atoms with Crippen molar-refractivity contribution < 1.29 is 23.1 Å². The highest BCUT2D eigenvalue weighted by atomic mass is 32.2. The second kappa shape index (κ2) is 6.95. The van der Waals surface area contributed by atoms with Crippen LogP contribution in [0.2, 0.25) is 0 Å². The van der Waals surface area contributed by atoms with E-state index in [1.54, 1.807) is 0 Å². The maximum Gasteiger partial charge on any atom is 0.312 e. The molecule has 1 atom stereocenters. The van der Waals surface area contributed by atoms with Gasteiger partial charge in [-0.05, 0) is 25.7 Å². The molecule has 0 aliphatic carbocycles. The summed E-state index contributed by atoms with van der Waals surface area (Å²) in [6, 6.07) is -0.124. The van der Waals surface area contributed by atoms with Gasteiger partial charge in [-0.3, -0.25) is 9.59 Å². The van der Waals surface area contributed by atoms with Crippen LogP contribution >= 0.6 is 0 Å². The largest absolute Gasteiger partial charge is 0.391 e. The van der Waals surface area contributed by atoms with Crippen LogP contribution in [0.25, 0.3) is 0 Å². The van der Waals surface area contributed by atoms with Crippen molar-refractivity contribution in [2.75, 3.05) is 39.3 Å². The summed E-state index contributed by atoms with van der Waals surface area (Å²) < 4.78 is 27.7. The average molecular weight is 360 g/mol. The number of hydrogen-bond donors (Lipinski definition) is 2. The number of nitrogens with one attached hydrogen (secondary N) is 1. The molecule has 0 aromatic rings. The zero-order valence-corrected chi connectivity index (χ0v) is 14.4. The van der Waals surface area contributed by atoms with Gasteiger partial charge in [0.05, 0.1) is 6.10 Å². The van der Waals surface area contributed by atoms with Gasteiger partial charge in [0, 0.05) is 45.3 Å². The monoisotopic (exact) mass is 360 g/mol. The van der Waals surface area contributed by atoms with E-state index in [0.717, 1.165) is 0 Å². The van der Waals surface area contributed by atoms with Crippen molar-refractivity contribution >= 4 is 22.0 Å². The van der Waals surface area contributed by atoms with Crippen molar-refractivity contribution in [2.45, 2.75) is 37.8 Å². The summed E-state index contributed by atoms with van der Waals surface area (Å²) in [6.07, 6.45) is 1.85. The highest BCUT2D eigenvalue weighted by molar-refractivity contribution is 7.87. The van der Waals surface area contributed by atoms with Crippen molar-refractivity contribution in [1.29, 1.82) is 0 Å². The van der Waals surface area contributed by atoms with Gasteiger partial charge in [0.25, 0.3) is 10.2 Å². The van der Waals surface area contributed by atoms with Gasteiger partial charge >= 0.3 is 11.8 Å². The van der Waals surface area contributed by atoms with E-state index in [1.807, 2.05) is 0 Å². The van der Waals surface area contributed by atoms with Gasteiger partial charge in [0.1, 0.15) is 0 Å². The molecule has 3 saturated heterocycles. The minimum atomic E-state index is -3.39. The van der Waals surface area contributed by atoms with E-state index < -0.39 is 28.1 Å². The number of β-amino-alcohol motifs (C(OH)–C–C–N with tert-alkyl or cyclic N) is 1. The minimum Gasteiger partial charge on any atom is -0.391 e. The topological polar surface area (TPSA) is 110 Å². The summed E-state index contributed by atoms with van der Waals surface area (Å²) in [7, 11) is -3.39. The lowest BCUT2D eigenvalue weighted by atomic mass is 10.0. The molecule has 3 fully saturated rings. The quantitative estimate of drug-likeness (QED) is 0.531. The van der Waals surface area contributed by atoms with Crippen LogP contribution in [0.3, 0.4) is 0 Å². The third-order valence-corrected chi connectivity index (χ3v) is 6.62. The Labute approximate surface area is 141 Å². The molecule has 3 rings (SSSR count). The number of carbonyl (C=O) groups is 2. The van der Waals surface area contributed by atoms with Crippen LogP contribution in [0.1, 0.15) is 25.7 Å². The summed E-state index contributed by atoms with van der Waals surface area (Å²) in [5.41, 5.74) is 0. The van der Waals surface area contributed by atoms with E-state index in [9.17, 15) is 23.1 Å². The Hall–Kier alpha value is -1.23. The zero-order chi connectivity index (χ0) is 17.3. The Bertz CT molecular complexity index is 602. The van der Waals surface area contributed by atoms with Gasteiger partial charge < -0.3 is 14.9 Å². The van der Waals surface area contributed by atoms with Gasteiger partial charge in [-0.15, -0.1) is 0 Å². The molecule has 136 valence electrons. The number of likely N-dealkylation sites (tertiary alicyclic amines) is 2. The number of piperidine rings is 2. The summed E-state index contributed by atoms with van der Waals surface area (Å²) in [5.74, 6) is -1.12. The molecule has 0 radical (unpaired) electrons. The lowest BCUT2D eigenvalue weighted by Crippen LogP contribution is -2.53. The Morgan fingerprint density at radius 1 is 0.958 bits per heavy atom. The molecule has 0 spiro atoms. The van der Waals surface area contributed by atoms with Gasteiger partial charge in [-0.2, -0.15) is 12.7 Å². The molecule has 0 saturated carbocycles. The standard InChI is InChI=1S/C14H24N4O5S/c19-12-2-1-6-17(10-12)14(21)13(20)16-7-3-11(4-8-16)18-9-5-15-24(18,22)23/h11-12,15,19H,1-10H2/t12-/m0/s1. The van der Waals surface area contributed by atoms with Crippen molar-refractivity contribution in [1.82, 2.24) is 18.8 Å². The predicted molar refractivity (Wildman–Crippen MR) is 85.1 cm³/mol.